The summed E-state index contributed by atoms with van der Waals surface area (Å²) in [6.45, 7) is 0. The molecule has 0 fully saturated rings. The Bertz CT molecular complexity index is 674. The van der Waals surface area contributed by atoms with Crippen LogP contribution in [0, 0.1) is 0 Å². The van der Waals surface area contributed by atoms with Crippen LogP contribution in [0.15, 0.2) is 35.3 Å². The predicted molar refractivity (Wildman–Crippen MR) is 73.9 cm³/mol. The van der Waals surface area contributed by atoms with Gasteiger partial charge in [-0.3, -0.25) is 4.79 Å². The van der Waals surface area contributed by atoms with E-state index in [2.05, 4.69) is 9.72 Å². The highest BCUT2D eigenvalue weighted by atomic mass is 35.5. The number of esters is 1. The lowest BCUT2D eigenvalue weighted by molar-refractivity contribution is 0.0598. The maximum atomic E-state index is 11.5. The van der Waals surface area contributed by atoms with Crippen molar-refractivity contribution < 1.29 is 9.53 Å². The largest absolute Gasteiger partial charge is 0.465 e. The second-order valence-corrected chi connectivity index (χ2v) is 4.65. The zero-order chi connectivity index (χ0) is 14.0. The summed E-state index contributed by atoms with van der Waals surface area (Å²) in [7, 11) is 1.21. The van der Waals surface area contributed by atoms with E-state index in [9.17, 15) is 9.59 Å². The van der Waals surface area contributed by atoms with E-state index in [4.69, 9.17) is 23.2 Å². The summed E-state index contributed by atoms with van der Waals surface area (Å²) >= 11 is 11.8. The average Bonchev–Trinajstić information content (AvgIpc) is 2.37. The van der Waals surface area contributed by atoms with Crippen LogP contribution >= 0.6 is 23.2 Å². The number of ether oxygens (including phenoxy) is 1. The van der Waals surface area contributed by atoms with Crippen molar-refractivity contribution >= 4 is 29.2 Å². The van der Waals surface area contributed by atoms with Gasteiger partial charge in [-0.05, 0) is 35.4 Å². The van der Waals surface area contributed by atoms with Crippen LogP contribution in [0.1, 0.15) is 10.4 Å². The zero-order valence-corrected chi connectivity index (χ0v) is 11.4. The third kappa shape index (κ3) is 2.97. The van der Waals surface area contributed by atoms with Gasteiger partial charge in [-0.15, -0.1) is 0 Å². The molecule has 1 N–H and O–H groups in total. The quantitative estimate of drug-likeness (QED) is 0.866. The Morgan fingerprint density at radius 1 is 1.11 bits per heavy atom. The standard InChI is InChI=1S/C13H9Cl2NO3/c1-19-13(18)11-4-8(6-16-12(11)17)7-2-9(14)5-10(15)3-7/h2-6H,1H3,(H,16,17). The SMILES string of the molecule is COC(=O)c1cc(-c2cc(Cl)cc(Cl)c2)c[nH]c1=O. The number of methoxy groups -OCH3 is 1. The molecule has 0 bridgehead atoms. The summed E-state index contributed by atoms with van der Waals surface area (Å²) in [5.41, 5.74) is 0.725. The van der Waals surface area contributed by atoms with Crippen molar-refractivity contribution in [2.24, 2.45) is 0 Å². The molecule has 0 radical (unpaired) electrons. The van der Waals surface area contributed by atoms with E-state index in [1.165, 1.54) is 19.4 Å². The van der Waals surface area contributed by atoms with E-state index in [0.29, 0.717) is 21.2 Å². The fourth-order valence-corrected chi connectivity index (χ4v) is 2.16. The number of hydrogen-bond acceptors (Lipinski definition) is 3. The average molecular weight is 298 g/mol. The molecule has 4 nitrogen and oxygen atoms in total. The molecule has 0 unspecified atom stereocenters. The van der Waals surface area contributed by atoms with Crippen LogP contribution in [0.5, 0.6) is 0 Å². The second kappa shape index (κ2) is 5.47. The molecule has 1 aromatic carbocycles. The van der Waals surface area contributed by atoms with Crippen molar-refractivity contribution in [1.82, 2.24) is 4.98 Å². The number of aromatic amines is 1. The smallest absolute Gasteiger partial charge is 0.343 e. The molecule has 19 heavy (non-hydrogen) atoms. The second-order valence-electron chi connectivity index (χ2n) is 3.78. The van der Waals surface area contributed by atoms with E-state index in [0.717, 1.165) is 0 Å². The summed E-state index contributed by atoms with van der Waals surface area (Å²) < 4.78 is 4.54. The Hall–Kier alpha value is -1.78. The topological polar surface area (TPSA) is 59.2 Å². The van der Waals surface area contributed by atoms with Crippen LogP contribution in [0.25, 0.3) is 11.1 Å². The van der Waals surface area contributed by atoms with Crippen molar-refractivity contribution in [3.63, 3.8) is 0 Å². The molecule has 2 rings (SSSR count). The van der Waals surface area contributed by atoms with E-state index in [1.807, 2.05) is 0 Å². The van der Waals surface area contributed by atoms with Gasteiger partial charge < -0.3 is 9.72 Å². The molecule has 0 amide bonds. The summed E-state index contributed by atoms with van der Waals surface area (Å²) in [6, 6.07) is 6.40. The molecule has 98 valence electrons. The lowest BCUT2D eigenvalue weighted by Crippen LogP contribution is -2.18. The number of H-pyrrole nitrogens is 1. The molecule has 0 saturated carbocycles. The molecule has 0 spiro atoms. The highest BCUT2D eigenvalue weighted by Crippen LogP contribution is 2.26. The Labute approximate surface area is 118 Å². The third-order valence-electron chi connectivity index (χ3n) is 2.50. The highest BCUT2D eigenvalue weighted by Gasteiger charge is 2.12. The van der Waals surface area contributed by atoms with Gasteiger partial charge in [-0.25, -0.2) is 4.79 Å². The van der Waals surface area contributed by atoms with Crippen LogP contribution in [0.3, 0.4) is 0 Å². The number of carbonyl (C=O) groups is 1. The minimum Gasteiger partial charge on any atom is -0.465 e. The first kappa shape index (κ1) is 13.6. The summed E-state index contributed by atoms with van der Waals surface area (Å²) in [4.78, 5) is 25.5. The molecule has 6 heteroatoms. The minimum atomic E-state index is -0.698. The Morgan fingerprint density at radius 2 is 1.74 bits per heavy atom. The fraction of sp³-hybridized carbons (Fsp3) is 0.0769. The number of aromatic nitrogens is 1. The number of nitrogens with one attached hydrogen (secondary N) is 1. The minimum absolute atomic E-state index is 0.0731. The lowest BCUT2D eigenvalue weighted by atomic mass is 10.1. The number of rotatable bonds is 2. The molecule has 1 aromatic heterocycles. The molecular formula is C13H9Cl2NO3. The van der Waals surface area contributed by atoms with E-state index in [1.54, 1.807) is 18.2 Å². The Balaban J connectivity index is 2.57. The van der Waals surface area contributed by atoms with Gasteiger partial charge in [0.25, 0.3) is 5.56 Å². The Morgan fingerprint density at radius 3 is 2.32 bits per heavy atom. The number of benzene rings is 1. The highest BCUT2D eigenvalue weighted by molar-refractivity contribution is 6.35. The maximum absolute atomic E-state index is 11.5. The van der Waals surface area contributed by atoms with Gasteiger partial charge in [-0.2, -0.15) is 0 Å². The normalized spacial score (nSPS) is 10.3. The van der Waals surface area contributed by atoms with Crippen LogP contribution in [0.4, 0.5) is 0 Å². The first-order valence-corrected chi connectivity index (χ1v) is 6.04. The summed E-state index contributed by atoms with van der Waals surface area (Å²) in [6.07, 6.45) is 1.48. The lowest BCUT2D eigenvalue weighted by Gasteiger charge is -2.05. The predicted octanol–water partition coefficient (Wildman–Crippen LogP) is 3.14. The number of hydrogen-bond donors (Lipinski definition) is 1. The summed E-state index contributed by atoms with van der Waals surface area (Å²) in [5.74, 6) is -0.698. The first-order chi connectivity index (χ1) is 9.01. The monoisotopic (exact) mass is 297 g/mol. The van der Waals surface area contributed by atoms with Crippen LogP contribution < -0.4 is 5.56 Å². The van der Waals surface area contributed by atoms with Gasteiger partial charge >= 0.3 is 5.97 Å². The van der Waals surface area contributed by atoms with Gasteiger partial charge in [0, 0.05) is 16.2 Å². The van der Waals surface area contributed by atoms with Crippen molar-refractivity contribution in [2.75, 3.05) is 7.11 Å². The summed E-state index contributed by atoms with van der Waals surface area (Å²) in [5, 5.41) is 0.932. The van der Waals surface area contributed by atoms with E-state index >= 15 is 0 Å². The molecule has 0 atom stereocenters. The van der Waals surface area contributed by atoms with Gasteiger partial charge in [0.2, 0.25) is 0 Å². The number of pyridine rings is 1. The molecule has 0 aliphatic carbocycles. The zero-order valence-electron chi connectivity index (χ0n) is 9.87. The van der Waals surface area contributed by atoms with Crippen molar-refractivity contribution in [3.05, 3.63) is 56.4 Å². The third-order valence-corrected chi connectivity index (χ3v) is 2.94. The first-order valence-electron chi connectivity index (χ1n) is 5.29. The van der Waals surface area contributed by atoms with Crippen LogP contribution in [0.2, 0.25) is 10.0 Å². The molecule has 0 aliphatic rings. The molecule has 0 saturated heterocycles. The number of halogens is 2. The van der Waals surface area contributed by atoms with Crippen molar-refractivity contribution in [3.8, 4) is 11.1 Å². The number of carbonyl (C=O) groups excluding carboxylic acids is 1. The molecule has 0 aliphatic heterocycles. The van der Waals surface area contributed by atoms with Crippen molar-refractivity contribution in [2.45, 2.75) is 0 Å². The molecule has 1 heterocycles. The maximum Gasteiger partial charge on any atom is 0.343 e. The van der Waals surface area contributed by atoms with Gasteiger partial charge in [0.1, 0.15) is 5.56 Å². The van der Waals surface area contributed by atoms with Gasteiger partial charge in [-0.1, -0.05) is 23.2 Å². The Kier molecular flexibility index (Phi) is 3.93. The fourth-order valence-electron chi connectivity index (χ4n) is 1.63. The molecular weight excluding hydrogens is 289 g/mol. The van der Waals surface area contributed by atoms with Crippen molar-refractivity contribution in [1.29, 1.82) is 0 Å². The van der Waals surface area contributed by atoms with Crippen LogP contribution in [-0.2, 0) is 4.74 Å². The van der Waals surface area contributed by atoms with E-state index < -0.39 is 11.5 Å². The van der Waals surface area contributed by atoms with Gasteiger partial charge in [0.15, 0.2) is 0 Å². The van der Waals surface area contributed by atoms with E-state index in [-0.39, 0.29) is 5.56 Å². The van der Waals surface area contributed by atoms with Gasteiger partial charge in [0.05, 0.1) is 7.11 Å². The molecule has 2 aromatic rings. The van der Waals surface area contributed by atoms with Crippen LogP contribution in [-0.4, -0.2) is 18.1 Å².